The topological polar surface area (TPSA) is 60.7 Å². The van der Waals surface area contributed by atoms with Gasteiger partial charge in [0.15, 0.2) is 5.82 Å². The molecule has 21 heavy (non-hydrogen) atoms. The van der Waals surface area contributed by atoms with Crippen LogP contribution in [0, 0.1) is 20.8 Å². The van der Waals surface area contributed by atoms with Crippen molar-refractivity contribution in [2.75, 3.05) is 0 Å². The van der Waals surface area contributed by atoms with E-state index in [0.29, 0.717) is 16.7 Å². The minimum Gasteiger partial charge on any atom is -0.292 e. The van der Waals surface area contributed by atoms with Gasteiger partial charge in [-0.1, -0.05) is 11.6 Å². The third kappa shape index (κ3) is 2.56. The maximum Gasteiger partial charge on any atom is 0.253 e. The van der Waals surface area contributed by atoms with Crippen molar-refractivity contribution in [1.29, 1.82) is 0 Å². The van der Waals surface area contributed by atoms with Crippen LogP contribution in [0.15, 0.2) is 17.2 Å². The number of halogens is 1. The van der Waals surface area contributed by atoms with Crippen molar-refractivity contribution in [1.82, 2.24) is 19.5 Å². The van der Waals surface area contributed by atoms with E-state index in [1.54, 1.807) is 18.3 Å². The molecule has 0 N–H and O–H groups in total. The molecule has 108 valence electrons. The van der Waals surface area contributed by atoms with Crippen molar-refractivity contribution >= 4 is 33.2 Å². The zero-order valence-electron chi connectivity index (χ0n) is 11.8. The molecule has 3 aromatic rings. The minimum atomic E-state index is -0.124. The summed E-state index contributed by atoms with van der Waals surface area (Å²) in [4.78, 5) is 26.9. The number of hydrogen-bond acceptors (Lipinski definition) is 5. The molecule has 7 heteroatoms. The molecule has 0 saturated heterocycles. The number of aromatic nitrogens is 4. The number of aryl methyl sites for hydroxylation is 3. The highest BCUT2D eigenvalue weighted by molar-refractivity contribution is 7.18. The Hall–Kier alpha value is -1.79. The Bertz CT molecular complexity index is 900. The third-order valence-corrected chi connectivity index (χ3v) is 4.73. The molecule has 0 unspecified atom stereocenters. The van der Waals surface area contributed by atoms with Gasteiger partial charge in [-0.2, -0.15) is 0 Å². The van der Waals surface area contributed by atoms with Crippen LogP contribution in [0.4, 0.5) is 0 Å². The van der Waals surface area contributed by atoms with E-state index in [1.807, 2.05) is 13.8 Å². The van der Waals surface area contributed by atoms with Gasteiger partial charge in [0, 0.05) is 16.6 Å². The van der Waals surface area contributed by atoms with Gasteiger partial charge < -0.3 is 0 Å². The van der Waals surface area contributed by atoms with Crippen LogP contribution in [-0.4, -0.2) is 19.5 Å². The molecule has 0 fully saturated rings. The summed E-state index contributed by atoms with van der Waals surface area (Å²) in [6.07, 6.45) is 1.50. The van der Waals surface area contributed by atoms with Crippen LogP contribution in [-0.2, 0) is 6.54 Å². The van der Waals surface area contributed by atoms with E-state index in [2.05, 4.69) is 15.0 Å². The van der Waals surface area contributed by atoms with Crippen LogP contribution in [0.5, 0.6) is 0 Å². The molecule has 0 aliphatic rings. The lowest BCUT2D eigenvalue weighted by Crippen LogP contribution is -2.21. The van der Waals surface area contributed by atoms with Gasteiger partial charge in [0.1, 0.15) is 9.98 Å². The van der Waals surface area contributed by atoms with E-state index in [0.717, 1.165) is 15.8 Å². The number of fused-ring (bicyclic) bond motifs is 1. The summed E-state index contributed by atoms with van der Waals surface area (Å²) in [6.45, 7) is 6.09. The van der Waals surface area contributed by atoms with Gasteiger partial charge in [0.05, 0.1) is 18.3 Å². The molecule has 3 rings (SSSR count). The van der Waals surface area contributed by atoms with Crippen molar-refractivity contribution < 1.29 is 0 Å². The molecule has 3 heterocycles. The first-order valence-electron chi connectivity index (χ1n) is 6.41. The summed E-state index contributed by atoms with van der Waals surface area (Å²) in [6, 6.07) is 1.49. The van der Waals surface area contributed by atoms with E-state index in [9.17, 15) is 4.79 Å². The highest BCUT2D eigenvalue weighted by Gasteiger charge is 2.13. The Morgan fingerprint density at radius 1 is 1.29 bits per heavy atom. The number of nitrogens with zero attached hydrogens (tertiary/aromatic N) is 4. The number of rotatable bonds is 2. The summed E-state index contributed by atoms with van der Waals surface area (Å²) >= 11 is 7.85. The van der Waals surface area contributed by atoms with E-state index >= 15 is 0 Å². The molecular weight excluding hydrogens is 308 g/mol. The fraction of sp³-hybridized carbons (Fsp3) is 0.286. The maximum atomic E-state index is 11.9. The van der Waals surface area contributed by atoms with Crippen LogP contribution < -0.4 is 5.56 Å². The zero-order chi connectivity index (χ0) is 15.1. The molecule has 3 aromatic heterocycles. The standard InChI is InChI=1S/C14H13ClN4OS/c1-7-4-11(20)19(6-16-7)5-10-17-13(15)12-8(2)9(3)21-14(12)18-10/h4,6H,5H2,1-3H3. The van der Waals surface area contributed by atoms with E-state index in [4.69, 9.17) is 11.6 Å². The van der Waals surface area contributed by atoms with Crippen molar-refractivity contribution in [2.24, 2.45) is 0 Å². The lowest BCUT2D eigenvalue weighted by atomic mass is 10.2. The third-order valence-electron chi connectivity index (χ3n) is 3.36. The first-order chi connectivity index (χ1) is 9.95. The Labute approximate surface area is 130 Å². The van der Waals surface area contributed by atoms with Gasteiger partial charge in [-0.3, -0.25) is 9.36 Å². The first kappa shape index (κ1) is 14.2. The average Bonchev–Trinajstić information content (AvgIpc) is 2.69. The summed E-state index contributed by atoms with van der Waals surface area (Å²) in [5.74, 6) is 0.515. The molecule has 0 atom stereocenters. The second-order valence-corrected chi connectivity index (χ2v) is 6.45. The molecule has 0 bridgehead atoms. The van der Waals surface area contributed by atoms with Crippen LogP contribution in [0.3, 0.4) is 0 Å². The molecule has 0 saturated carbocycles. The van der Waals surface area contributed by atoms with Crippen LogP contribution in [0.1, 0.15) is 22.0 Å². The van der Waals surface area contributed by atoms with E-state index in [1.165, 1.54) is 21.8 Å². The Morgan fingerprint density at radius 2 is 2.05 bits per heavy atom. The summed E-state index contributed by atoms with van der Waals surface area (Å²) in [5.41, 5.74) is 1.68. The predicted molar refractivity (Wildman–Crippen MR) is 84.2 cm³/mol. The van der Waals surface area contributed by atoms with Gasteiger partial charge in [0.2, 0.25) is 0 Å². The first-order valence-corrected chi connectivity index (χ1v) is 7.60. The van der Waals surface area contributed by atoms with Gasteiger partial charge in [-0.15, -0.1) is 11.3 Å². The fourth-order valence-electron chi connectivity index (χ4n) is 2.10. The van der Waals surface area contributed by atoms with Crippen LogP contribution >= 0.6 is 22.9 Å². The van der Waals surface area contributed by atoms with Gasteiger partial charge in [-0.05, 0) is 26.3 Å². The quantitative estimate of drug-likeness (QED) is 0.681. The Balaban J connectivity index is 2.07. The molecule has 0 aliphatic heterocycles. The van der Waals surface area contributed by atoms with E-state index < -0.39 is 0 Å². The van der Waals surface area contributed by atoms with Gasteiger partial charge >= 0.3 is 0 Å². The summed E-state index contributed by atoms with van der Waals surface area (Å²) in [5, 5.41) is 1.34. The second kappa shape index (κ2) is 5.20. The Kier molecular flexibility index (Phi) is 3.51. The monoisotopic (exact) mass is 320 g/mol. The molecule has 0 aromatic carbocycles. The molecular formula is C14H13ClN4OS. The fourth-order valence-corrected chi connectivity index (χ4v) is 3.53. The highest BCUT2D eigenvalue weighted by Crippen LogP contribution is 2.32. The van der Waals surface area contributed by atoms with Crippen molar-refractivity contribution in [3.63, 3.8) is 0 Å². The lowest BCUT2D eigenvalue weighted by molar-refractivity contribution is 0.697. The molecule has 0 radical (unpaired) electrons. The van der Waals surface area contributed by atoms with E-state index in [-0.39, 0.29) is 12.1 Å². The maximum absolute atomic E-state index is 11.9. The number of thiophene rings is 1. The zero-order valence-corrected chi connectivity index (χ0v) is 13.4. The molecule has 0 amide bonds. The van der Waals surface area contributed by atoms with Gasteiger partial charge in [0.25, 0.3) is 5.56 Å². The second-order valence-electron chi connectivity index (χ2n) is 4.89. The van der Waals surface area contributed by atoms with Gasteiger partial charge in [-0.25, -0.2) is 15.0 Å². The predicted octanol–water partition coefficient (Wildman–Crippen LogP) is 2.87. The highest BCUT2D eigenvalue weighted by atomic mass is 35.5. The summed E-state index contributed by atoms with van der Waals surface area (Å²) in [7, 11) is 0. The molecule has 0 aliphatic carbocycles. The summed E-state index contributed by atoms with van der Waals surface area (Å²) < 4.78 is 1.47. The minimum absolute atomic E-state index is 0.124. The van der Waals surface area contributed by atoms with Crippen molar-refractivity contribution in [3.05, 3.63) is 49.9 Å². The largest absolute Gasteiger partial charge is 0.292 e. The van der Waals surface area contributed by atoms with Crippen molar-refractivity contribution in [3.8, 4) is 0 Å². The average molecular weight is 321 g/mol. The van der Waals surface area contributed by atoms with Crippen molar-refractivity contribution in [2.45, 2.75) is 27.3 Å². The Morgan fingerprint density at radius 3 is 2.76 bits per heavy atom. The van der Waals surface area contributed by atoms with Crippen LogP contribution in [0.2, 0.25) is 5.15 Å². The molecule has 5 nitrogen and oxygen atoms in total. The van der Waals surface area contributed by atoms with Crippen LogP contribution in [0.25, 0.3) is 10.2 Å². The lowest BCUT2D eigenvalue weighted by Gasteiger charge is -2.05. The normalized spacial score (nSPS) is 11.2. The SMILES string of the molecule is Cc1cc(=O)n(Cc2nc(Cl)c3c(C)c(C)sc3n2)cn1. The molecule has 0 spiro atoms. The number of hydrogen-bond donors (Lipinski definition) is 0. The smallest absolute Gasteiger partial charge is 0.253 e.